The Kier molecular flexibility index (Phi) is 4.52. The lowest BCUT2D eigenvalue weighted by atomic mass is 10.2. The second-order valence-electron chi connectivity index (χ2n) is 3.82. The Balaban J connectivity index is 4.11. The van der Waals surface area contributed by atoms with Crippen LogP contribution in [-0.2, 0) is 14.4 Å². The molecule has 0 unspecified atom stereocenters. The number of hydrogen-bond donors (Lipinski definition) is 3. The van der Waals surface area contributed by atoms with Gasteiger partial charge in [0.2, 0.25) is 0 Å². The van der Waals surface area contributed by atoms with Crippen LogP contribution in [0.25, 0.3) is 0 Å². The topological polar surface area (TPSA) is 95.9 Å². The molecule has 0 aliphatic carbocycles. The number of hydrogen-bond acceptors (Lipinski definition) is 4. The van der Waals surface area contributed by atoms with Crippen molar-refractivity contribution < 1.29 is 24.6 Å². The summed E-state index contributed by atoms with van der Waals surface area (Å²) in [4.78, 5) is 25.8. The molecule has 0 radical (unpaired) electrons. The van der Waals surface area contributed by atoms with E-state index in [1.165, 1.54) is 0 Å². The minimum Gasteiger partial charge on any atom is -0.481 e. The Labute approximate surface area is 81.8 Å². The van der Waals surface area contributed by atoms with Crippen molar-refractivity contribution >= 4 is 11.9 Å². The average molecular weight is 205 g/mol. The van der Waals surface area contributed by atoms with Gasteiger partial charge in [0, 0.05) is 0 Å². The summed E-state index contributed by atoms with van der Waals surface area (Å²) in [5.74, 6) is -2.45. The van der Waals surface area contributed by atoms with Crippen LogP contribution in [0.1, 0.15) is 27.2 Å². The fraction of sp³-hybridized carbons (Fsp3) is 0.750. The molecule has 0 aliphatic rings. The van der Waals surface area contributed by atoms with Gasteiger partial charge >= 0.3 is 11.9 Å². The van der Waals surface area contributed by atoms with Crippen LogP contribution in [0.5, 0.6) is 0 Å². The van der Waals surface area contributed by atoms with Gasteiger partial charge in [-0.05, 0) is 20.8 Å². The molecular formula is C8H15NO5. The number of aliphatic carboxylic acids is 2. The summed E-state index contributed by atoms with van der Waals surface area (Å²) < 4.78 is 0. The molecule has 0 bridgehead atoms. The van der Waals surface area contributed by atoms with Crippen molar-refractivity contribution in [1.82, 2.24) is 5.48 Å². The van der Waals surface area contributed by atoms with Gasteiger partial charge in [0.15, 0.2) is 0 Å². The van der Waals surface area contributed by atoms with E-state index < -0.39 is 30.0 Å². The molecule has 0 amide bonds. The smallest absolute Gasteiger partial charge is 0.323 e. The van der Waals surface area contributed by atoms with Crippen molar-refractivity contribution in [3.63, 3.8) is 0 Å². The summed E-state index contributed by atoms with van der Waals surface area (Å²) >= 11 is 0. The van der Waals surface area contributed by atoms with E-state index >= 15 is 0 Å². The van der Waals surface area contributed by atoms with Crippen molar-refractivity contribution in [2.24, 2.45) is 0 Å². The average Bonchev–Trinajstić information content (AvgIpc) is 1.94. The SMILES string of the molecule is CC(C)(C)ON[C@@H](CC(=O)O)C(=O)O. The predicted octanol–water partition coefficient (Wildman–Crippen LogP) is 0.234. The van der Waals surface area contributed by atoms with Gasteiger partial charge in [-0.3, -0.25) is 14.4 Å². The van der Waals surface area contributed by atoms with Crippen LogP contribution in [0.4, 0.5) is 0 Å². The summed E-state index contributed by atoms with van der Waals surface area (Å²) in [6.07, 6.45) is -0.522. The van der Waals surface area contributed by atoms with Crippen LogP contribution in [0.3, 0.4) is 0 Å². The van der Waals surface area contributed by atoms with Gasteiger partial charge < -0.3 is 10.2 Å². The van der Waals surface area contributed by atoms with Crippen molar-refractivity contribution in [3.8, 4) is 0 Å². The quantitative estimate of drug-likeness (QED) is 0.556. The Hall–Kier alpha value is -1.14. The monoisotopic (exact) mass is 205 g/mol. The van der Waals surface area contributed by atoms with E-state index in [4.69, 9.17) is 15.1 Å². The van der Waals surface area contributed by atoms with Crippen LogP contribution in [-0.4, -0.2) is 33.8 Å². The maximum atomic E-state index is 10.5. The number of nitrogens with one attached hydrogen (secondary N) is 1. The first-order chi connectivity index (χ1) is 6.22. The third-order valence-electron chi connectivity index (χ3n) is 1.18. The van der Waals surface area contributed by atoms with Crippen LogP contribution in [0.2, 0.25) is 0 Å². The Bertz CT molecular complexity index is 220. The molecular weight excluding hydrogens is 190 g/mol. The van der Waals surface area contributed by atoms with Crippen molar-refractivity contribution in [3.05, 3.63) is 0 Å². The summed E-state index contributed by atoms with van der Waals surface area (Å²) in [7, 11) is 0. The number of carboxylic acids is 2. The van der Waals surface area contributed by atoms with E-state index in [2.05, 4.69) is 5.48 Å². The van der Waals surface area contributed by atoms with Crippen molar-refractivity contribution in [1.29, 1.82) is 0 Å². The van der Waals surface area contributed by atoms with Crippen LogP contribution >= 0.6 is 0 Å². The van der Waals surface area contributed by atoms with Crippen molar-refractivity contribution in [2.45, 2.75) is 38.8 Å². The molecule has 0 fully saturated rings. The molecule has 0 heterocycles. The normalized spacial score (nSPS) is 13.6. The molecule has 0 aromatic rings. The number of carboxylic acid groups (broad SMARTS) is 2. The van der Waals surface area contributed by atoms with Crippen LogP contribution < -0.4 is 5.48 Å². The van der Waals surface area contributed by atoms with Crippen LogP contribution in [0, 0.1) is 0 Å². The lowest BCUT2D eigenvalue weighted by molar-refractivity contribution is -0.156. The lowest BCUT2D eigenvalue weighted by Crippen LogP contribution is -2.42. The standard InChI is InChI=1S/C8H15NO5/c1-8(2,3)14-9-5(7(12)13)4-6(10)11/h5,9H,4H2,1-3H3,(H,10,11)(H,12,13)/t5-/m0/s1. The van der Waals surface area contributed by atoms with Crippen molar-refractivity contribution in [2.75, 3.05) is 0 Å². The minimum absolute atomic E-state index is 0.522. The van der Waals surface area contributed by atoms with Gasteiger partial charge in [0.1, 0.15) is 6.04 Å². The van der Waals surface area contributed by atoms with Gasteiger partial charge in [0.05, 0.1) is 12.0 Å². The summed E-state index contributed by atoms with van der Waals surface area (Å²) in [6, 6.07) is -1.23. The first-order valence-corrected chi connectivity index (χ1v) is 4.10. The second-order valence-corrected chi connectivity index (χ2v) is 3.82. The third kappa shape index (κ3) is 6.38. The Morgan fingerprint density at radius 3 is 2.14 bits per heavy atom. The largest absolute Gasteiger partial charge is 0.481 e. The zero-order valence-corrected chi connectivity index (χ0v) is 8.40. The molecule has 0 aromatic heterocycles. The van der Waals surface area contributed by atoms with Gasteiger partial charge in [-0.2, -0.15) is 5.48 Å². The van der Waals surface area contributed by atoms with E-state index in [9.17, 15) is 9.59 Å². The lowest BCUT2D eigenvalue weighted by Gasteiger charge is -2.22. The van der Waals surface area contributed by atoms with Gasteiger partial charge in [-0.1, -0.05) is 0 Å². The molecule has 0 saturated carbocycles. The third-order valence-corrected chi connectivity index (χ3v) is 1.18. The van der Waals surface area contributed by atoms with Crippen LogP contribution in [0.15, 0.2) is 0 Å². The van der Waals surface area contributed by atoms with Gasteiger partial charge in [-0.25, -0.2) is 0 Å². The molecule has 0 saturated heterocycles. The maximum Gasteiger partial charge on any atom is 0.323 e. The van der Waals surface area contributed by atoms with E-state index in [1.54, 1.807) is 20.8 Å². The number of carbonyl (C=O) groups is 2. The molecule has 6 heteroatoms. The predicted molar refractivity (Wildman–Crippen MR) is 47.7 cm³/mol. The molecule has 14 heavy (non-hydrogen) atoms. The van der Waals surface area contributed by atoms with E-state index in [0.29, 0.717) is 0 Å². The number of rotatable bonds is 5. The highest BCUT2D eigenvalue weighted by Gasteiger charge is 2.23. The molecule has 1 atom stereocenters. The summed E-state index contributed by atoms with van der Waals surface area (Å²) in [5.41, 5.74) is 1.65. The summed E-state index contributed by atoms with van der Waals surface area (Å²) in [5, 5.41) is 17.0. The molecule has 3 N–H and O–H groups in total. The minimum atomic E-state index is -1.25. The fourth-order valence-electron chi connectivity index (χ4n) is 0.602. The fourth-order valence-corrected chi connectivity index (χ4v) is 0.602. The van der Waals surface area contributed by atoms with Gasteiger partial charge in [-0.15, -0.1) is 0 Å². The second kappa shape index (κ2) is 4.92. The van der Waals surface area contributed by atoms with Gasteiger partial charge in [0.25, 0.3) is 0 Å². The molecule has 0 spiro atoms. The van der Waals surface area contributed by atoms with E-state index in [1.807, 2.05) is 0 Å². The Morgan fingerprint density at radius 2 is 1.86 bits per heavy atom. The molecule has 0 aliphatic heterocycles. The van der Waals surface area contributed by atoms with E-state index in [0.717, 1.165) is 0 Å². The highest BCUT2D eigenvalue weighted by molar-refractivity contribution is 5.80. The maximum absolute atomic E-state index is 10.5. The highest BCUT2D eigenvalue weighted by atomic mass is 16.7. The molecule has 0 aromatic carbocycles. The zero-order chi connectivity index (χ0) is 11.4. The van der Waals surface area contributed by atoms with E-state index in [-0.39, 0.29) is 0 Å². The Morgan fingerprint density at radius 1 is 1.36 bits per heavy atom. The zero-order valence-electron chi connectivity index (χ0n) is 8.40. The first kappa shape index (κ1) is 12.9. The molecule has 6 nitrogen and oxygen atoms in total. The summed E-state index contributed by atoms with van der Waals surface area (Å²) in [6.45, 7) is 5.17. The first-order valence-electron chi connectivity index (χ1n) is 4.10. The highest BCUT2D eigenvalue weighted by Crippen LogP contribution is 2.05. The molecule has 82 valence electrons. The molecule has 0 rings (SSSR count). The number of hydroxylamine groups is 1.